The molecule has 130 valence electrons. The van der Waals surface area contributed by atoms with E-state index in [9.17, 15) is 9.59 Å². The molecule has 0 saturated carbocycles. The van der Waals surface area contributed by atoms with Crippen molar-refractivity contribution in [2.24, 2.45) is 11.7 Å². The Bertz CT molecular complexity index is 547. The van der Waals surface area contributed by atoms with Crippen molar-refractivity contribution in [1.82, 2.24) is 10.6 Å². The van der Waals surface area contributed by atoms with Crippen LogP contribution >= 0.6 is 12.4 Å². The molecule has 2 atom stereocenters. The number of aryl methyl sites for hydroxylation is 2. The zero-order valence-electron chi connectivity index (χ0n) is 14.5. The molecule has 1 rings (SSSR count). The Kier molecular flexibility index (Phi) is 8.87. The molecule has 0 radical (unpaired) electrons. The maximum absolute atomic E-state index is 11.9. The lowest BCUT2D eigenvalue weighted by Gasteiger charge is -2.18. The molecule has 0 heterocycles. The van der Waals surface area contributed by atoms with E-state index >= 15 is 0 Å². The standard InChI is InChI=1S/C17H27N3O2.ClH/c1-10(2)16(18)17(22)19-9-15(21)20-13(5)14-7-6-11(3)8-12(14)4;/h6-8,10,13,16H,9,18H2,1-5H3,(H,19,22)(H,20,21);1H/t13?,16-;/m0./s1. The van der Waals surface area contributed by atoms with Crippen molar-refractivity contribution in [2.45, 2.75) is 46.7 Å². The van der Waals surface area contributed by atoms with Crippen LogP contribution in [0.5, 0.6) is 0 Å². The number of carbonyl (C=O) groups is 2. The Morgan fingerprint density at radius 3 is 2.30 bits per heavy atom. The summed E-state index contributed by atoms with van der Waals surface area (Å²) in [4.78, 5) is 23.7. The monoisotopic (exact) mass is 341 g/mol. The van der Waals surface area contributed by atoms with Gasteiger partial charge in [0, 0.05) is 0 Å². The maximum atomic E-state index is 11.9. The second kappa shape index (κ2) is 9.53. The van der Waals surface area contributed by atoms with Crippen molar-refractivity contribution in [3.8, 4) is 0 Å². The van der Waals surface area contributed by atoms with Gasteiger partial charge in [0.15, 0.2) is 0 Å². The zero-order chi connectivity index (χ0) is 16.9. The first-order chi connectivity index (χ1) is 10.2. The molecule has 0 spiro atoms. The minimum atomic E-state index is -0.593. The van der Waals surface area contributed by atoms with E-state index in [0.717, 1.165) is 11.1 Å². The Labute approximate surface area is 144 Å². The summed E-state index contributed by atoms with van der Waals surface area (Å²) in [6.45, 7) is 9.66. The molecule has 1 aromatic carbocycles. The van der Waals surface area contributed by atoms with Gasteiger partial charge in [-0.25, -0.2) is 0 Å². The van der Waals surface area contributed by atoms with Crippen molar-refractivity contribution in [2.75, 3.05) is 6.54 Å². The van der Waals surface area contributed by atoms with Crippen molar-refractivity contribution < 1.29 is 9.59 Å². The molecule has 0 aliphatic rings. The maximum Gasteiger partial charge on any atom is 0.239 e. The van der Waals surface area contributed by atoms with E-state index in [1.165, 1.54) is 5.56 Å². The number of halogens is 1. The first-order valence-corrected chi connectivity index (χ1v) is 7.62. The quantitative estimate of drug-likeness (QED) is 0.740. The Hall–Kier alpha value is -1.59. The van der Waals surface area contributed by atoms with E-state index in [0.29, 0.717) is 0 Å². The summed E-state index contributed by atoms with van der Waals surface area (Å²) in [6.07, 6.45) is 0. The van der Waals surface area contributed by atoms with Crippen molar-refractivity contribution >= 4 is 24.2 Å². The van der Waals surface area contributed by atoms with Gasteiger partial charge in [0.1, 0.15) is 0 Å². The minimum Gasteiger partial charge on any atom is -0.348 e. The molecule has 0 aliphatic heterocycles. The van der Waals surface area contributed by atoms with Gasteiger partial charge in [0.2, 0.25) is 11.8 Å². The smallest absolute Gasteiger partial charge is 0.239 e. The van der Waals surface area contributed by atoms with E-state index in [-0.39, 0.29) is 42.7 Å². The van der Waals surface area contributed by atoms with Gasteiger partial charge in [0.05, 0.1) is 18.6 Å². The largest absolute Gasteiger partial charge is 0.348 e. The lowest BCUT2D eigenvalue weighted by Crippen LogP contribution is -2.47. The van der Waals surface area contributed by atoms with Crippen LogP contribution in [0.25, 0.3) is 0 Å². The molecule has 5 nitrogen and oxygen atoms in total. The fraction of sp³-hybridized carbons (Fsp3) is 0.529. The zero-order valence-corrected chi connectivity index (χ0v) is 15.3. The van der Waals surface area contributed by atoms with E-state index in [2.05, 4.69) is 16.7 Å². The first-order valence-electron chi connectivity index (χ1n) is 7.62. The number of hydrogen-bond donors (Lipinski definition) is 3. The molecular formula is C17H28ClN3O2. The van der Waals surface area contributed by atoms with Crippen LogP contribution in [-0.2, 0) is 9.59 Å². The van der Waals surface area contributed by atoms with E-state index in [1.54, 1.807) is 0 Å². The molecule has 1 unspecified atom stereocenters. The van der Waals surface area contributed by atoms with Crippen LogP contribution in [0.15, 0.2) is 18.2 Å². The summed E-state index contributed by atoms with van der Waals surface area (Å²) in [7, 11) is 0. The highest BCUT2D eigenvalue weighted by Crippen LogP contribution is 2.18. The molecule has 23 heavy (non-hydrogen) atoms. The van der Waals surface area contributed by atoms with Crippen LogP contribution in [0.1, 0.15) is 43.5 Å². The SMILES string of the molecule is Cc1ccc(C(C)NC(=O)CNC(=O)[C@@H](N)C(C)C)c(C)c1.Cl. The Morgan fingerprint density at radius 1 is 1.17 bits per heavy atom. The fourth-order valence-electron chi connectivity index (χ4n) is 2.27. The second-order valence-electron chi connectivity index (χ2n) is 6.14. The van der Waals surface area contributed by atoms with Gasteiger partial charge >= 0.3 is 0 Å². The number of carbonyl (C=O) groups excluding carboxylic acids is 2. The van der Waals surface area contributed by atoms with E-state index in [4.69, 9.17) is 5.73 Å². The average molecular weight is 342 g/mol. The second-order valence-corrected chi connectivity index (χ2v) is 6.14. The summed E-state index contributed by atoms with van der Waals surface area (Å²) in [5, 5.41) is 5.45. The summed E-state index contributed by atoms with van der Waals surface area (Å²) >= 11 is 0. The number of rotatable bonds is 6. The molecule has 1 aromatic rings. The molecule has 2 amide bonds. The fourth-order valence-corrected chi connectivity index (χ4v) is 2.27. The predicted molar refractivity (Wildman–Crippen MR) is 95.5 cm³/mol. The van der Waals surface area contributed by atoms with Crippen LogP contribution in [-0.4, -0.2) is 24.4 Å². The molecule has 0 aliphatic carbocycles. The third-order valence-electron chi connectivity index (χ3n) is 3.71. The van der Waals surface area contributed by atoms with Crippen molar-refractivity contribution in [3.05, 3.63) is 34.9 Å². The normalized spacial score (nSPS) is 13.0. The first kappa shape index (κ1) is 21.4. The topological polar surface area (TPSA) is 84.2 Å². The van der Waals surface area contributed by atoms with Crippen LogP contribution in [0, 0.1) is 19.8 Å². The van der Waals surface area contributed by atoms with E-state index < -0.39 is 6.04 Å². The minimum absolute atomic E-state index is 0. The lowest BCUT2D eigenvalue weighted by atomic mass is 10.0. The van der Waals surface area contributed by atoms with Gasteiger partial charge in [-0.2, -0.15) is 0 Å². The Morgan fingerprint density at radius 2 is 1.78 bits per heavy atom. The molecular weight excluding hydrogens is 314 g/mol. The molecule has 0 aromatic heterocycles. The average Bonchev–Trinajstić information content (AvgIpc) is 2.43. The van der Waals surface area contributed by atoms with Gasteiger partial charge in [-0.15, -0.1) is 12.4 Å². The number of nitrogens with one attached hydrogen (secondary N) is 2. The third kappa shape index (κ3) is 6.59. The number of nitrogens with two attached hydrogens (primary N) is 1. The summed E-state index contributed by atoms with van der Waals surface area (Å²) in [5.74, 6) is -0.488. The van der Waals surface area contributed by atoms with Gasteiger partial charge in [0.25, 0.3) is 0 Å². The number of benzene rings is 1. The van der Waals surface area contributed by atoms with Crippen LogP contribution in [0.2, 0.25) is 0 Å². The molecule has 4 N–H and O–H groups in total. The summed E-state index contributed by atoms with van der Waals surface area (Å²) < 4.78 is 0. The van der Waals surface area contributed by atoms with Crippen LogP contribution < -0.4 is 16.4 Å². The van der Waals surface area contributed by atoms with Crippen molar-refractivity contribution in [3.63, 3.8) is 0 Å². The third-order valence-corrected chi connectivity index (χ3v) is 3.71. The highest BCUT2D eigenvalue weighted by molar-refractivity contribution is 5.87. The highest BCUT2D eigenvalue weighted by Gasteiger charge is 2.18. The highest BCUT2D eigenvalue weighted by atomic mass is 35.5. The number of hydrogen-bond acceptors (Lipinski definition) is 3. The van der Waals surface area contributed by atoms with Gasteiger partial charge in [-0.3, -0.25) is 9.59 Å². The summed E-state index contributed by atoms with van der Waals surface area (Å²) in [5.41, 5.74) is 9.13. The predicted octanol–water partition coefficient (Wildman–Crippen LogP) is 2.00. The number of amides is 2. The Balaban J connectivity index is 0.00000484. The van der Waals surface area contributed by atoms with Gasteiger partial charge in [-0.1, -0.05) is 37.6 Å². The van der Waals surface area contributed by atoms with Gasteiger partial charge in [-0.05, 0) is 37.8 Å². The molecule has 0 fully saturated rings. The summed E-state index contributed by atoms with van der Waals surface area (Å²) in [6, 6.07) is 5.42. The lowest BCUT2D eigenvalue weighted by molar-refractivity contribution is -0.127. The van der Waals surface area contributed by atoms with Crippen LogP contribution in [0.3, 0.4) is 0 Å². The molecule has 0 bridgehead atoms. The van der Waals surface area contributed by atoms with Gasteiger partial charge < -0.3 is 16.4 Å². The van der Waals surface area contributed by atoms with Crippen LogP contribution in [0.4, 0.5) is 0 Å². The van der Waals surface area contributed by atoms with Crippen molar-refractivity contribution in [1.29, 1.82) is 0 Å². The molecule has 6 heteroatoms. The van der Waals surface area contributed by atoms with E-state index in [1.807, 2.05) is 46.8 Å². The molecule has 0 saturated heterocycles.